The van der Waals surface area contributed by atoms with Crippen LogP contribution in [0.15, 0.2) is 29.2 Å². The molecule has 122 valence electrons. The van der Waals surface area contributed by atoms with E-state index in [9.17, 15) is 13.2 Å². The summed E-state index contributed by atoms with van der Waals surface area (Å²) in [5.74, 6) is 0.0698. The molecular formula is C15H22N2O4S. The van der Waals surface area contributed by atoms with Crippen molar-refractivity contribution in [2.24, 2.45) is 5.92 Å². The van der Waals surface area contributed by atoms with Gasteiger partial charge in [0.1, 0.15) is 0 Å². The van der Waals surface area contributed by atoms with Gasteiger partial charge in [0.15, 0.2) is 0 Å². The van der Waals surface area contributed by atoms with Gasteiger partial charge in [0.2, 0.25) is 15.9 Å². The van der Waals surface area contributed by atoms with Gasteiger partial charge in [0.05, 0.1) is 11.5 Å². The first kappa shape index (κ1) is 16.9. The Morgan fingerprint density at radius 3 is 2.55 bits per heavy atom. The number of nitrogens with zero attached hydrogens (tertiary/aromatic N) is 1. The normalized spacial score (nSPS) is 18.6. The monoisotopic (exact) mass is 326 g/mol. The third-order valence-corrected chi connectivity index (χ3v) is 5.61. The summed E-state index contributed by atoms with van der Waals surface area (Å²) >= 11 is 0. The van der Waals surface area contributed by atoms with Gasteiger partial charge in [0, 0.05) is 32.3 Å². The molecule has 1 aromatic rings. The van der Waals surface area contributed by atoms with Crippen LogP contribution in [0.1, 0.15) is 20.3 Å². The highest BCUT2D eigenvalue weighted by Crippen LogP contribution is 2.22. The number of rotatable bonds is 6. The van der Waals surface area contributed by atoms with E-state index in [1.165, 1.54) is 23.4 Å². The second-order valence-electron chi connectivity index (χ2n) is 5.39. The number of benzene rings is 1. The first-order valence-corrected chi connectivity index (χ1v) is 8.83. The van der Waals surface area contributed by atoms with E-state index < -0.39 is 10.0 Å². The Hall–Kier alpha value is -1.44. The van der Waals surface area contributed by atoms with E-state index in [1.54, 1.807) is 12.1 Å². The molecule has 7 heteroatoms. The van der Waals surface area contributed by atoms with Gasteiger partial charge in [-0.3, -0.25) is 4.79 Å². The summed E-state index contributed by atoms with van der Waals surface area (Å²) in [6.07, 6.45) is 0.896. The maximum absolute atomic E-state index is 12.7. The molecule has 1 aliphatic rings. The summed E-state index contributed by atoms with van der Waals surface area (Å²) in [5.41, 5.74) is 0.582. The summed E-state index contributed by atoms with van der Waals surface area (Å²) in [7, 11) is -3.52. The van der Waals surface area contributed by atoms with Gasteiger partial charge in [-0.25, -0.2) is 8.42 Å². The molecule has 1 fully saturated rings. The number of carbonyl (C=O) groups is 1. The number of hydrogen-bond acceptors (Lipinski definition) is 4. The van der Waals surface area contributed by atoms with Gasteiger partial charge in [0.25, 0.3) is 0 Å². The van der Waals surface area contributed by atoms with Gasteiger partial charge in [-0.05, 0) is 36.6 Å². The lowest BCUT2D eigenvalue weighted by Crippen LogP contribution is -2.35. The Labute approximate surface area is 131 Å². The lowest BCUT2D eigenvalue weighted by Gasteiger charge is -2.23. The maximum Gasteiger partial charge on any atom is 0.243 e. The molecule has 0 saturated carbocycles. The van der Waals surface area contributed by atoms with Crippen LogP contribution in [0.3, 0.4) is 0 Å². The quantitative estimate of drug-likeness (QED) is 0.863. The first-order chi connectivity index (χ1) is 10.4. The van der Waals surface area contributed by atoms with Gasteiger partial charge in [-0.2, -0.15) is 4.31 Å². The summed E-state index contributed by atoms with van der Waals surface area (Å²) < 4.78 is 32.2. The second-order valence-corrected chi connectivity index (χ2v) is 7.33. The summed E-state index contributed by atoms with van der Waals surface area (Å²) in [5, 5.41) is 2.62. The Bertz CT molecular complexity index is 607. The zero-order valence-electron chi connectivity index (χ0n) is 12.9. The Morgan fingerprint density at radius 1 is 1.36 bits per heavy atom. The minimum Gasteiger partial charge on any atom is -0.381 e. The average molecular weight is 326 g/mol. The molecule has 0 aliphatic carbocycles. The smallest absolute Gasteiger partial charge is 0.243 e. The number of sulfonamides is 1. The van der Waals surface area contributed by atoms with Crippen LogP contribution in [0.2, 0.25) is 0 Å². The van der Waals surface area contributed by atoms with Crippen LogP contribution in [0.5, 0.6) is 0 Å². The summed E-state index contributed by atoms with van der Waals surface area (Å²) in [6.45, 7) is 5.46. The predicted molar refractivity (Wildman–Crippen MR) is 84.1 cm³/mol. The van der Waals surface area contributed by atoms with E-state index in [0.29, 0.717) is 32.0 Å². The fourth-order valence-corrected chi connectivity index (χ4v) is 4.00. The highest BCUT2D eigenvalue weighted by Gasteiger charge is 2.27. The zero-order chi connectivity index (χ0) is 16.2. The fraction of sp³-hybridized carbons (Fsp3) is 0.533. The molecule has 1 aliphatic heterocycles. The molecule has 1 N–H and O–H groups in total. The number of ether oxygens (including phenoxy) is 1. The van der Waals surface area contributed by atoms with E-state index in [1.807, 2.05) is 6.92 Å². The van der Waals surface area contributed by atoms with Gasteiger partial charge in [-0.1, -0.05) is 6.92 Å². The molecule has 1 atom stereocenters. The first-order valence-electron chi connectivity index (χ1n) is 7.39. The summed E-state index contributed by atoms with van der Waals surface area (Å²) in [6, 6.07) is 6.24. The van der Waals surface area contributed by atoms with Crippen molar-refractivity contribution < 1.29 is 17.9 Å². The van der Waals surface area contributed by atoms with Crippen LogP contribution in [-0.2, 0) is 19.6 Å². The predicted octanol–water partition coefficient (Wildman–Crippen LogP) is 1.69. The molecule has 1 saturated heterocycles. The Kier molecular flexibility index (Phi) is 5.55. The van der Waals surface area contributed by atoms with Crippen molar-refractivity contribution in [3.63, 3.8) is 0 Å². The fourth-order valence-electron chi connectivity index (χ4n) is 2.48. The largest absolute Gasteiger partial charge is 0.381 e. The zero-order valence-corrected chi connectivity index (χ0v) is 13.7. The molecule has 0 radical (unpaired) electrons. The van der Waals surface area contributed by atoms with Gasteiger partial charge < -0.3 is 10.1 Å². The molecule has 0 unspecified atom stereocenters. The second kappa shape index (κ2) is 7.21. The van der Waals surface area contributed by atoms with Crippen LogP contribution in [0, 0.1) is 5.92 Å². The van der Waals surface area contributed by atoms with Crippen molar-refractivity contribution in [1.82, 2.24) is 4.31 Å². The van der Waals surface area contributed by atoms with Crippen molar-refractivity contribution in [1.29, 1.82) is 0 Å². The van der Waals surface area contributed by atoms with Crippen LogP contribution >= 0.6 is 0 Å². The van der Waals surface area contributed by atoms with Crippen molar-refractivity contribution in [3.8, 4) is 0 Å². The molecule has 0 aromatic heterocycles. The molecule has 6 nitrogen and oxygen atoms in total. The molecule has 1 amide bonds. The van der Waals surface area contributed by atoms with Crippen LogP contribution < -0.4 is 5.32 Å². The third kappa shape index (κ3) is 4.06. The molecule has 1 heterocycles. The van der Waals surface area contributed by atoms with Crippen molar-refractivity contribution >= 4 is 21.6 Å². The molecule has 0 bridgehead atoms. The van der Waals surface area contributed by atoms with Crippen molar-refractivity contribution in [2.75, 3.05) is 31.6 Å². The van der Waals surface area contributed by atoms with E-state index in [0.717, 1.165) is 6.42 Å². The lowest BCUT2D eigenvalue weighted by atomic mass is 10.1. The van der Waals surface area contributed by atoms with E-state index in [4.69, 9.17) is 4.74 Å². The van der Waals surface area contributed by atoms with Crippen LogP contribution in [-0.4, -0.2) is 44.9 Å². The van der Waals surface area contributed by atoms with Gasteiger partial charge in [-0.15, -0.1) is 0 Å². The van der Waals surface area contributed by atoms with Crippen LogP contribution in [0.4, 0.5) is 5.69 Å². The Balaban J connectivity index is 2.14. The van der Waals surface area contributed by atoms with E-state index >= 15 is 0 Å². The standard InChI is InChI=1S/C15H22N2O4S/c1-3-17(10-13-8-9-21-11-13)22(19,20)15-6-4-14(5-7-15)16-12(2)18/h4-7,13H,3,8-11H2,1-2H3,(H,16,18)/t13-/m1/s1. The van der Waals surface area contributed by atoms with Crippen molar-refractivity contribution in [2.45, 2.75) is 25.2 Å². The SMILES string of the molecule is CCN(C[C@H]1CCOC1)S(=O)(=O)c1ccc(NC(C)=O)cc1. The molecule has 22 heavy (non-hydrogen) atoms. The highest BCUT2D eigenvalue weighted by atomic mass is 32.2. The number of carbonyl (C=O) groups excluding carboxylic acids is 1. The number of anilines is 1. The number of nitrogens with one attached hydrogen (secondary N) is 1. The molecular weight excluding hydrogens is 304 g/mol. The average Bonchev–Trinajstić information content (AvgIpc) is 2.97. The third-order valence-electron chi connectivity index (χ3n) is 3.65. The van der Waals surface area contributed by atoms with Gasteiger partial charge >= 0.3 is 0 Å². The number of hydrogen-bond donors (Lipinski definition) is 1. The van der Waals surface area contributed by atoms with Crippen molar-refractivity contribution in [3.05, 3.63) is 24.3 Å². The molecule has 1 aromatic carbocycles. The van der Waals surface area contributed by atoms with E-state index in [-0.39, 0.29) is 16.7 Å². The topological polar surface area (TPSA) is 75.7 Å². The minimum absolute atomic E-state index is 0.188. The lowest BCUT2D eigenvalue weighted by molar-refractivity contribution is -0.114. The summed E-state index contributed by atoms with van der Waals surface area (Å²) in [4.78, 5) is 11.2. The number of amides is 1. The van der Waals surface area contributed by atoms with Crippen LogP contribution in [0.25, 0.3) is 0 Å². The van der Waals surface area contributed by atoms with E-state index in [2.05, 4.69) is 5.32 Å². The minimum atomic E-state index is -3.52. The molecule has 2 rings (SSSR count). The Morgan fingerprint density at radius 2 is 2.05 bits per heavy atom. The molecule has 0 spiro atoms. The highest BCUT2D eigenvalue weighted by molar-refractivity contribution is 7.89. The maximum atomic E-state index is 12.7.